The summed E-state index contributed by atoms with van der Waals surface area (Å²) in [4.78, 5) is 14.5. The highest BCUT2D eigenvalue weighted by Crippen LogP contribution is 2.44. The molecule has 4 heteroatoms. The van der Waals surface area contributed by atoms with Crippen LogP contribution in [0.2, 0.25) is 0 Å². The number of aliphatic hydroxyl groups is 1. The maximum absolute atomic E-state index is 12.8. The van der Waals surface area contributed by atoms with Crippen LogP contribution in [0.4, 0.5) is 4.79 Å². The number of nitrogens with zero attached hydrogens (tertiary/aromatic N) is 1. The van der Waals surface area contributed by atoms with Crippen molar-refractivity contribution in [3.8, 4) is 11.1 Å². The third-order valence-corrected chi connectivity index (χ3v) is 6.11. The normalized spacial score (nSPS) is 21.5. The molecule has 0 aromatic heterocycles. The molecule has 2 aliphatic rings. The Morgan fingerprint density at radius 2 is 1.77 bits per heavy atom. The van der Waals surface area contributed by atoms with Crippen LogP contribution in [0.15, 0.2) is 48.5 Å². The lowest BCUT2D eigenvalue weighted by atomic mass is 9.94. The first-order chi connectivity index (χ1) is 12.7. The minimum Gasteiger partial charge on any atom is -0.448 e. The molecule has 1 heterocycles. The number of hydrogen-bond donors (Lipinski definition) is 1. The van der Waals surface area contributed by atoms with Gasteiger partial charge in [-0.25, -0.2) is 4.79 Å². The van der Waals surface area contributed by atoms with E-state index in [4.69, 9.17) is 4.74 Å². The Balaban J connectivity index is 1.54. The molecule has 0 saturated carbocycles. The van der Waals surface area contributed by atoms with E-state index < -0.39 is 5.54 Å². The van der Waals surface area contributed by atoms with E-state index in [1.807, 2.05) is 31.2 Å². The molecule has 1 unspecified atom stereocenters. The smallest absolute Gasteiger partial charge is 0.410 e. The van der Waals surface area contributed by atoms with Gasteiger partial charge in [0.25, 0.3) is 0 Å². The molecule has 0 bridgehead atoms. The second-order valence-electron chi connectivity index (χ2n) is 7.30. The van der Waals surface area contributed by atoms with Crippen molar-refractivity contribution in [2.45, 2.75) is 37.6 Å². The number of ether oxygens (including phenoxy) is 1. The molecule has 1 fully saturated rings. The second-order valence-corrected chi connectivity index (χ2v) is 7.30. The van der Waals surface area contributed by atoms with Crippen LogP contribution in [-0.2, 0) is 4.74 Å². The van der Waals surface area contributed by atoms with Crippen LogP contribution in [0, 0.1) is 0 Å². The highest BCUT2D eigenvalue weighted by atomic mass is 16.6. The standard InChI is InChI=1S/C22H25NO3/c1-2-22(15-24)12-7-13-23(22)21(25)26-14-20-18-10-5-3-8-16(18)17-9-4-6-11-19(17)20/h3-6,8-11,20,24H,2,7,12-15H2,1H3. The van der Waals surface area contributed by atoms with Gasteiger partial charge >= 0.3 is 6.09 Å². The molecule has 2 aromatic carbocycles. The first-order valence-corrected chi connectivity index (χ1v) is 9.43. The van der Waals surface area contributed by atoms with Gasteiger partial charge in [0.1, 0.15) is 6.61 Å². The van der Waals surface area contributed by atoms with Crippen molar-refractivity contribution >= 4 is 6.09 Å². The molecule has 26 heavy (non-hydrogen) atoms. The lowest BCUT2D eigenvalue weighted by molar-refractivity contribution is 0.0374. The van der Waals surface area contributed by atoms with Gasteiger partial charge in [0.2, 0.25) is 0 Å². The van der Waals surface area contributed by atoms with Crippen molar-refractivity contribution in [3.63, 3.8) is 0 Å². The van der Waals surface area contributed by atoms with E-state index in [-0.39, 0.29) is 18.6 Å². The lowest BCUT2D eigenvalue weighted by Gasteiger charge is -2.35. The zero-order chi connectivity index (χ0) is 18.1. The molecule has 136 valence electrons. The van der Waals surface area contributed by atoms with Gasteiger partial charge in [-0.15, -0.1) is 0 Å². The van der Waals surface area contributed by atoms with Crippen LogP contribution in [-0.4, -0.2) is 41.4 Å². The number of carbonyl (C=O) groups is 1. The van der Waals surface area contributed by atoms with Crippen molar-refractivity contribution in [2.24, 2.45) is 0 Å². The van der Waals surface area contributed by atoms with Crippen LogP contribution in [0.25, 0.3) is 11.1 Å². The Bertz CT molecular complexity index is 767. The summed E-state index contributed by atoms with van der Waals surface area (Å²) in [6.07, 6.45) is 2.19. The summed E-state index contributed by atoms with van der Waals surface area (Å²) < 4.78 is 5.76. The molecule has 4 rings (SSSR count). The minimum absolute atomic E-state index is 0.00625. The Kier molecular flexibility index (Phi) is 4.45. The van der Waals surface area contributed by atoms with Crippen LogP contribution < -0.4 is 0 Å². The molecule has 1 atom stereocenters. The van der Waals surface area contributed by atoms with Crippen LogP contribution in [0.5, 0.6) is 0 Å². The maximum Gasteiger partial charge on any atom is 0.410 e. The third kappa shape index (κ3) is 2.60. The topological polar surface area (TPSA) is 49.8 Å². The summed E-state index contributed by atoms with van der Waals surface area (Å²) in [5.74, 6) is 0.0686. The summed E-state index contributed by atoms with van der Waals surface area (Å²) in [6, 6.07) is 16.7. The number of rotatable bonds is 4. The molecular weight excluding hydrogens is 326 g/mol. The van der Waals surface area contributed by atoms with Crippen molar-refractivity contribution in [3.05, 3.63) is 59.7 Å². The largest absolute Gasteiger partial charge is 0.448 e. The van der Waals surface area contributed by atoms with E-state index in [9.17, 15) is 9.90 Å². The first kappa shape index (κ1) is 17.1. The van der Waals surface area contributed by atoms with Gasteiger partial charge in [-0.3, -0.25) is 0 Å². The van der Waals surface area contributed by atoms with E-state index in [1.54, 1.807) is 4.90 Å². The summed E-state index contributed by atoms with van der Waals surface area (Å²) in [5.41, 5.74) is 4.42. The number of likely N-dealkylation sites (tertiary alicyclic amines) is 1. The number of aliphatic hydroxyl groups excluding tert-OH is 1. The van der Waals surface area contributed by atoms with Gasteiger partial charge in [-0.1, -0.05) is 55.5 Å². The van der Waals surface area contributed by atoms with Gasteiger partial charge in [-0.05, 0) is 41.5 Å². The fraction of sp³-hybridized carbons (Fsp3) is 0.409. The van der Waals surface area contributed by atoms with E-state index in [2.05, 4.69) is 24.3 Å². The van der Waals surface area contributed by atoms with Gasteiger partial charge in [-0.2, -0.15) is 0 Å². The maximum atomic E-state index is 12.8. The van der Waals surface area contributed by atoms with Gasteiger partial charge in [0.05, 0.1) is 12.1 Å². The zero-order valence-corrected chi connectivity index (χ0v) is 15.1. The van der Waals surface area contributed by atoms with Crippen LogP contribution >= 0.6 is 0 Å². The van der Waals surface area contributed by atoms with Gasteiger partial charge in [0, 0.05) is 12.5 Å². The Morgan fingerprint density at radius 3 is 2.35 bits per heavy atom. The molecule has 1 aliphatic carbocycles. The molecule has 1 N–H and O–H groups in total. The van der Waals surface area contributed by atoms with Crippen molar-refractivity contribution < 1.29 is 14.6 Å². The number of carbonyl (C=O) groups excluding carboxylic acids is 1. The average Bonchev–Trinajstić information content (AvgIpc) is 3.26. The summed E-state index contributed by atoms with van der Waals surface area (Å²) in [6.45, 7) is 3.00. The van der Waals surface area contributed by atoms with Gasteiger partial charge in [0.15, 0.2) is 0 Å². The first-order valence-electron chi connectivity index (χ1n) is 9.43. The predicted octanol–water partition coefficient (Wildman–Crippen LogP) is 4.17. The summed E-state index contributed by atoms with van der Waals surface area (Å²) in [5, 5.41) is 9.83. The van der Waals surface area contributed by atoms with E-state index in [0.717, 1.165) is 19.3 Å². The van der Waals surface area contributed by atoms with Crippen LogP contribution in [0.1, 0.15) is 43.2 Å². The third-order valence-electron chi connectivity index (χ3n) is 6.11. The molecular formula is C22H25NO3. The SMILES string of the molecule is CCC1(CO)CCCN1C(=O)OCC1c2ccccc2-c2ccccc21. The van der Waals surface area contributed by atoms with Crippen LogP contribution in [0.3, 0.4) is 0 Å². The Labute approximate surface area is 154 Å². The number of benzene rings is 2. The monoisotopic (exact) mass is 351 g/mol. The average molecular weight is 351 g/mol. The van der Waals surface area contributed by atoms with E-state index in [1.165, 1.54) is 22.3 Å². The van der Waals surface area contributed by atoms with Crippen molar-refractivity contribution in [1.82, 2.24) is 4.90 Å². The molecule has 4 nitrogen and oxygen atoms in total. The highest BCUT2D eigenvalue weighted by Gasteiger charge is 2.43. The second kappa shape index (κ2) is 6.76. The highest BCUT2D eigenvalue weighted by molar-refractivity contribution is 5.79. The number of amides is 1. The molecule has 1 aliphatic heterocycles. The summed E-state index contributed by atoms with van der Waals surface area (Å²) >= 11 is 0. The molecule has 0 spiro atoms. The molecule has 0 radical (unpaired) electrons. The zero-order valence-electron chi connectivity index (χ0n) is 15.1. The number of hydrogen-bond acceptors (Lipinski definition) is 3. The summed E-state index contributed by atoms with van der Waals surface area (Å²) in [7, 11) is 0. The fourth-order valence-corrected chi connectivity index (χ4v) is 4.54. The predicted molar refractivity (Wildman–Crippen MR) is 101 cm³/mol. The van der Waals surface area contributed by atoms with Crippen molar-refractivity contribution in [2.75, 3.05) is 19.8 Å². The van der Waals surface area contributed by atoms with E-state index >= 15 is 0 Å². The number of fused-ring (bicyclic) bond motifs is 3. The minimum atomic E-state index is -0.456. The Hall–Kier alpha value is -2.33. The quantitative estimate of drug-likeness (QED) is 0.899. The molecule has 1 amide bonds. The molecule has 1 saturated heterocycles. The van der Waals surface area contributed by atoms with E-state index in [0.29, 0.717) is 13.2 Å². The van der Waals surface area contributed by atoms with Crippen molar-refractivity contribution in [1.29, 1.82) is 0 Å². The van der Waals surface area contributed by atoms with Gasteiger partial charge < -0.3 is 14.7 Å². The fourth-order valence-electron chi connectivity index (χ4n) is 4.54. The lowest BCUT2D eigenvalue weighted by Crippen LogP contribution is -2.50. The Morgan fingerprint density at radius 1 is 1.15 bits per heavy atom. The molecule has 2 aromatic rings.